The molecule has 0 aliphatic carbocycles. The average molecular weight is 328 g/mol. The first kappa shape index (κ1) is 15.2. The molecule has 4 aromatic rings. The molecule has 4 rings (SSSR count). The zero-order valence-corrected chi connectivity index (χ0v) is 13.4. The molecule has 2 aromatic heterocycles. The van der Waals surface area contributed by atoms with Gasteiger partial charge in [0, 0.05) is 29.0 Å². The molecule has 122 valence electrons. The Morgan fingerprint density at radius 3 is 2.68 bits per heavy atom. The SMILES string of the molecule is OCc1cccc(Nc2nc(-c3cccnc3)nc3ccccc23)c1. The maximum atomic E-state index is 9.33. The fourth-order valence-corrected chi connectivity index (χ4v) is 2.68. The summed E-state index contributed by atoms with van der Waals surface area (Å²) in [5, 5.41) is 13.6. The molecule has 0 atom stereocenters. The van der Waals surface area contributed by atoms with E-state index in [1.165, 1.54) is 0 Å². The van der Waals surface area contributed by atoms with E-state index in [9.17, 15) is 5.11 Å². The molecule has 0 saturated heterocycles. The lowest BCUT2D eigenvalue weighted by molar-refractivity contribution is 0.282. The number of hydrogen-bond acceptors (Lipinski definition) is 5. The average Bonchev–Trinajstić information content (AvgIpc) is 2.69. The van der Waals surface area contributed by atoms with Crippen LogP contribution in [0.2, 0.25) is 0 Å². The molecule has 0 amide bonds. The van der Waals surface area contributed by atoms with Crippen LogP contribution in [0.5, 0.6) is 0 Å². The van der Waals surface area contributed by atoms with Crippen molar-refractivity contribution in [3.05, 3.63) is 78.6 Å². The Labute approximate surface area is 145 Å². The largest absolute Gasteiger partial charge is 0.392 e. The number of nitrogens with zero attached hydrogens (tertiary/aromatic N) is 3. The second kappa shape index (κ2) is 6.67. The lowest BCUT2D eigenvalue weighted by atomic mass is 10.2. The molecule has 5 nitrogen and oxygen atoms in total. The number of aromatic nitrogens is 3. The molecule has 0 unspecified atom stereocenters. The Kier molecular flexibility index (Phi) is 4.06. The molecule has 0 saturated carbocycles. The van der Waals surface area contributed by atoms with Gasteiger partial charge in [-0.3, -0.25) is 4.98 Å². The third-order valence-electron chi connectivity index (χ3n) is 3.90. The molecule has 5 heteroatoms. The van der Waals surface area contributed by atoms with Gasteiger partial charge in [-0.25, -0.2) is 9.97 Å². The summed E-state index contributed by atoms with van der Waals surface area (Å²) < 4.78 is 0. The van der Waals surface area contributed by atoms with Crippen molar-refractivity contribution in [1.82, 2.24) is 15.0 Å². The van der Waals surface area contributed by atoms with Gasteiger partial charge in [-0.2, -0.15) is 0 Å². The Bertz CT molecular complexity index is 1020. The summed E-state index contributed by atoms with van der Waals surface area (Å²) in [6.07, 6.45) is 3.48. The summed E-state index contributed by atoms with van der Waals surface area (Å²) in [6.45, 7) is 0.000969. The highest BCUT2D eigenvalue weighted by atomic mass is 16.3. The zero-order valence-electron chi connectivity index (χ0n) is 13.4. The summed E-state index contributed by atoms with van der Waals surface area (Å²) in [5.41, 5.74) is 3.43. The molecular formula is C20H16N4O. The number of anilines is 2. The van der Waals surface area contributed by atoms with E-state index >= 15 is 0 Å². The molecular weight excluding hydrogens is 312 g/mol. The summed E-state index contributed by atoms with van der Waals surface area (Å²) in [4.78, 5) is 13.5. The van der Waals surface area contributed by atoms with E-state index in [2.05, 4.69) is 15.3 Å². The topological polar surface area (TPSA) is 70.9 Å². The fourth-order valence-electron chi connectivity index (χ4n) is 2.68. The van der Waals surface area contributed by atoms with E-state index in [1.807, 2.05) is 60.7 Å². The Morgan fingerprint density at radius 2 is 1.84 bits per heavy atom. The van der Waals surface area contributed by atoms with Crippen molar-refractivity contribution >= 4 is 22.4 Å². The highest BCUT2D eigenvalue weighted by molar-refractivity contribution is 5.92. The highest BCUT2D eigenvalue weighted by Crippen LogP contribution is 2.27. The van der Waals surface area contributed by atoms with E-state index < -0.39 is 0 Å². The number of fused-ring (bicyclic) bond motifs is 1. The molecule has 2 aromatic carbocycles. The van der Waals surface area contributed by atoms with Gasteiger partial charge in [0.05, 0.1) is 12.1 Å². The molecule has 0 aliphatic heterocycles. The quantitative estimate of drug-likeness (QED) is 0.594. The van der Waals surface area contributed by atoms with E-state index in [0.29, 0.717) is 5.82 Å². The van der Waals surface area contributed by atoms with Gasteiger partial charge in [0.15, 0.2) is 5.82 Å². The van der Waals surface area contributed by atoms with Crippen LogP contribution >= 0.6 is 0 Å². The number of aliphatic hydroxyl groups is 1. The molecule has 0 aliphatic rings. The second-order valence-electron chi connectivity index (χ2n) is 5.64. The number of para-hydroxylation sites is 1. The van der Waals surface area contributed by atoms with E-state index in [1.54, 1.807) is 12.4 Å². The summed E-state index contributed by atoms with van der Waals surface area (Å²) in [5.74, 6) is 1.34. The van der Waals surface area contributed by atoms with Crippen LogP contribution < -0.4 is 5.32 Å². The Morgan fingerprint density at radius 1 is 0.920 bits per heavy atom. The number of nitrogens with one attached hydrogen (secondary N) is 1. The normalized spacial score (nSPS) is 10.8. The van der Waals surface area contributed by atoms with E-state index in [-0.39, 0.29) is 6.61 Å². The maximum Gasteiger partial charge on any atom is 0.163 e. The molecule has 0 radical (unpaired) electrons. The van der Waals surface area contributed by atoms with Crippen molar-refractivity contribution in [3.63, 3.8) is 0 Å². The zero-order chi connectivity index (χ0) is 17.1. The Hall–Kier alpha value is -3.31. The van der Waals surface area contributed by atoms with Crippen LogP contribution in [0.15, 0.2) is 73.1 Å². The van der Waals surface area contributed by atoms with Crippen molar-refractivity contribution in [3.8, 4) is 11.4 Å². The van der Waals surface area contributed by atoms with Crippen LogP contribution in [-0.2, 0) is 6.61 Å². The number of pyridine rings is 1. The van der Waals surface area contributed by atoms with Crippen molar-refractivity contribution in [2.75, 3.05) is 5.32 Å². The molecule has 0 bridgehead atoms. The Balaban J connectivity index is 1.83. The molecule has 0 spiro atoms. The van der Waals surface area contributed by atoms with Crippen LogP contribution in [0.25, 0.3) is 22.3 Å². The van der Waals surface area contributed by atoms with Gasteiger partial charge in [-0.15, -0.1) is 0 Å². The van der Waals surface area contributed by atoms with Gasteiger partial charge < -0.3 is 10.4 Å². The predicted molar refractivity (Wildman–Crippen MR) is 98.4 cm³/mol. The summed E-state index contributed by atoms with van der Waals surface area (Å²) >= 11 is 0. The minimum Gasteiger partial charge on any atom is -0.392 e. The van der Waals surface area contributed by atoms with E-state index in [4.69, 9.17) is 4.98 Å². The molecule has 0 fully saturated rings. The lowest BCUT2D eigenvalue weighted by Crippen LogP contribution is -2.00. The van der Waals surface area contributed by atoms with Crippen molar-refractivity contribution in [2.24, 2.45) is 0 Å². The summed E-state index contributed by atoms with van der Waals surface area (Å²) in [7, 11) is 0. The van der Waals surface area contributed by atoms with Gasteiger partial charge >= 0.3 is 0 Å². The van der Waals surface area contributed by atoms with Gasteiger partial charge in [-0.05, 0) is 42.0 Å². The van der Waals surface area contributed by atoms with Crippen LogP contribution in [0.3, 0.4) is 0 Å². The number of hydrogen-bond donors (Lipinski definition) is 2. The van der Waals surface area contributed by atoms with Crippen molar-refractivity contribution in [2.45, 2.75) is 6.61 Å². The fraction of sp³-hybridized carbons (Fsp3) is 0.0500. The van der Waals surface area contributed by atoms with Gasteiger partial charge in [0.2, 0.25) is 0 Å². The molecule has 2 heterocycles. The first-order chi connectivity index (χ1) is 12.3. The monoisotopic (exact) mass is 328 g/mol. The minimum atomic E-state index is 0.000969. The van der Waals surface area contributed by atoms with Crippen LogP contribution in [0.4, 0.5) is 11.5 Å². The van der Waals surface area contributed by atoms with Gasteiger partial charge in [0.25, 0.3) is 0 Å². The lowest BCUT2D eigenvalue weighted by Gasteiger charge is -2.11. The standard InChI is InChI=1S/C20H16N4O/c25-13-14-5-3-7-16(11-14)22-20-17-8-1-2-9-18(17)23-19(24-20)15-6-4-10-21-12-15/h1-12,25H,13H2,(H,22,23,24). The number of aliphatic hydroxyl groups excluding tert-OH is 1. The number of rotatable bonds is 4. The molecule has 2 N–H and O–H groups in total. The van der Waals surface area contributed by atoms with Gasteiger partial charge in [-0.1, -0.05) is 24.3 Å². The third kappa shape index (κ3) is 3.18. The molecule has 25 heavy (non-hydrogen) atoms. The second-order valence-corrected chi connectivity index (χ2v) is 5.64. The predicted octanol–water partition coefficient (Wildman–Crippen LogP) is 3.93. The summed E-state index contributed by atoms with van der Waals surface area (Å²) in [6, 6.07) is 19.3. The van der Waals surface area contributed by atoms with Crippen molar-refractivity contribution < 1.29 is 5.11 Å². The highest BCUT2D eigenvalue weighted by Gasteiger charge is 2.10. The van der Waals surface area contributed by atoms with Crippen molar-refractivity contribution in [1.29, 1.82) is 0 Å². The number of benzene rings is 2. The van der Waals surface area contributed by atoms with Gasteiger partial charge in [0.1, 0.15) is 5.82 Å². The van der Waals surface area contributed by atoms with Crippen LogP contribution in [-0.4, -0.2) is 20.1 Å². The first-order valence-corrected chi connectivity index (χ1v) is 7.97. The van der Waals surface area contributed by atoms with Crippen LogP contribution in [0, 0.1) is 0 Å². The smallest absolute Gasteiger partial charge is 0.163 e. The van der Waals surface area contributed by atoms with E-state index in [0.717, 1.165) is 33.5 Å². The third-order valence-corrected chi connectivity index (χ3v) is 3.90. The maximum absolute atomic E-state index is 9.33. The first-order valence-electron chi connectivity index (χ1n) is 7.97. The van der Waals surface area contributed by atoms with Crippen LogP contribution in [0.1, 0.15) is 5.56 Å². The minimum absolute atomic E-state index is 0.000969.